The zero-order valence-corrected chi connectivity index (χ0v) is 34.0. The van der Waals surface area contributed by atoms with Crippen LogP contribution in [0.15, 0.2) is 243 Å². The van der Waals surface area contributed by atoms with Crippen molar-refractivity contribution in [2.45, 2.75) is 0 Å². The zero-order valence-electron chi connectivity index (χ0n) is 34.0. The Hall–Kier alpha value is -8.20. The molecule has 0 aliphatic heterocycles. The number of nitrogens with zero attached hydrogens (tertiary/aromatic N) is 2. The van der Waals surface area contributed by atoms with Gasteiger partial charge in [0.25, 0.3) is 0 Å². The van der Waals surface area contributed by atoms with Crippen molar-refractivity contribution >= 4 is 43.6 Å². The van der Waals surface area contributed by atoms with Gasteiger partial charge in [-0.1, -0.05) is 176 Å². The molecule has 12 rings (SSSR count). The maximum atomic E-state index is 2.43. The van der Waals surface area contributed by atoms with Crippen LogP contribution in [0.5, 0.6) is 0 Å². The molecule has 0 fully saturated rings. The van der Waals surface area contributed by atoms with Crippen LogP contribution in [0.1, 0.15) is 0 Å². The van der Waals surface area contributed by atoms with E-state index in [1.165, 1.54) is 99.2 Å². The van der Waals surface area contributed by atoms with Crippen LogP contribution in [0.2, 0.25) is 0 Å². The van der Waals surface area contributed by atoms with Crippen LogP contribution in [0.3, 0.4) is 0 Å². The van der Waals surface area contributed by atoms with Crippen molar-refractivity contribution in [3.63, 3.8) is 0 Å². The summed E-state index contributed by atoms with van der Waals surface area (Å²) in [6, 6.07) is 88.4. The lowest BCUT2D eigenvalue weighted by Crippen LogP contribution is -1.94. The van der Waals surface area contributed by atoms with Gasteiger partial charge in [-0.15, -0.1) is 0 Å². The lowest BCUT2D eigenvalue weighted by Gasteiger charge is -2.12. The first-order valence-corrected chi connectivity index (χ1v) is 21.3. The second-order valence-corrected chi connectivity index (χ2v) is 16.2. The topological polar surface area (TPSA) is 9.86 Å². The Labute approximate surface area is 360 Å². The predicted molar refractivity (Wildman–Crippen MR) is 262 cm³/mol. The normalized spacial score (nSPS) is 11.5. The van der Waals surface area contributed by atoms with Crippen LogP contribution in [0, 0.1) is 0 Å². The number of hydrogen-bond donors (Lipinski definition) is 0. The molecular formula is C60H40N2. The molecule has 0 N–H and O–H groups in total. The zero-order chi connectivity index (χ0) is 41.0. The lowest BCUT2D eigenvalue weighted by molar-refractivity contribution is 1.18. The summed E-state index contributed by atoms with van der Waals surface area (Å²) < 4.78 is 4.85. The van der Waals surface area contributed by atoms with E-state index < -0.39 is 0 Å². The highest BCUT2D eigenvalue weighted by atomic mass is 15.0. The van der Waals surface area contributed by atoms with Crippen molar-refractivity contribution in [3.05, 3.63) is 243 Å². The van der Waals surface area contributed by atoms with E-state index in [1.54, 1.807) is 0 Å². The first kappa shape index (κ1) is 35.7. The SMILES string of the molecule is c1ccc(-c2ccc(-c3cccc(-n4c5ccccc5c5cc(-c6ccc7c(c6)c6cc(-c8ccccc8)ccc6n7-c6cccc(-c7ccccc7)c6)ccc54)c3)cc2)cc1. The van der Waals surface area contributed by atoms with Gasteiger partial charge in [-0.05, 0) is 122 Å². The van der Waals surface area contributed by atoms with Gasteiger partial charge in [-0.25, -0.2) is 0 Å². The molecule has 12 aromatic rings. The molecule has 0 atom stereocenters. The molecule has 0 aliphatic rings. The van der Waals surface area contributed by atoms with E-state index in [2.05, 4.69) is 252 Å². The van der Waals surface area contributed by atoms with Gasteiger partial charge < -0.3 is 9.13 Å². The average molecular weight is 789 g/mol. The molecule has 2 heteroatoms. The molecule has 62 heavy (non-hydrogen) atoms. The highest BCUT2D eigenvalue weighted by molar-refractivity contribution is 6.13. The second kappa shape index (κ2) is 14.8. The fourth-order valence-electron chi connectivity index (χ4n) is 9.49. The van der Waals surface area contributed by atoms with E-state index in [4.69, 9.17) is 0 Å². The van der Waals surface area contributed by atoms with Gasteiger partial charge in [0.1, 0.15) is 0 Å². The van der Waals surface area contributed by atoms with E-state index in [1.807, 2.05) is 0 Å². The molecule has 290 valence electrons. The maximum absolute atomic E-state index is 2.43. The molecule has 0 amide bonds. The van der Waals surface area contributed by atoms with Crippen molar-refractivity contribution < 1.29 is 0 Å². The van der Waals surface area contributed by atoms with E-state index >= 15 is 0 Å². The Morgan fingerprint density at radius 3 is 0.935 bits per heavy atom. The highest BCUT2D eigenvalue weighted by Gasteiger charge is 2.18. The van der Waals surface area contributed by atoms with E-state index in [-0.39, 0.29) is 0 Å². The fraction of sp³-hybridized carbons (Fsp3) is 0. The smallest absolute Gasteiger partial charge is 0.0541 e. The van der Waals surface area contributed by atoms with Gasteiger partial charge in [-0.2, -0.15) is 0 Å². The minimum absolute atomic E-state index is 1.15. The van der Waals surface area contributed by atoms with Gasteiger partial charge in [0.15, 0.2) is 0 Å². The molecule has 0 radical (unpaired) electrons. The number of benzene rings is 10. The fourth-order valence-corrected chi connectivity index (χ4v) is 9.49. The van der Waals surface area contributed by atoms with E-state index in [9.17, 15) is 0 Å². The second-order valence-electron chi connectivity index (χ2n) is 16.2. The molecule has 0 unspecified atom stereocenters. The average Bonchev–Trinajstić information content (AvgIpc) is 3.87. The monoisotopic (exact) mass is 788 g/mol. The lowest BCUT2D eigenvalue weighted by atomic mass is 9.99. The molecule has 2 aromatic heterocycles. The number of hydrogen-bond acceptors (Lipinski definition) is 0. The summed E-state index contributed by atoms with van der Waals surface area (Å²) >= 11 is 0. The molecule has 10 aromatic carbocycles. The molecule has 2 nitrogen and oxygen atoms in total. The summed E-state index contributed by atoms with van der Waals surface area (Å²) in [6.07, 6.45) is 0. The number of para-hydroxylation sites is 1. The van der Waals surface area contributed by atoms with Gasteiger partial charge in [0.05, 0.1) is 22.1 Å². The summed E-state index contributed by atoms with van der Waals surface area (Å²) in [5.41, 5.74) is 19.1. The van der Waals surface area contributed by atoms with Gasteiger partial charge >= 0.3 is 0 Å². The molecule has 2 heterocycles. The first-order valence-electron chi connectivity index (χ1n) is 21.3. The Balaban J connectivity index is 0.984. The quantitative estimate of drug-likeness (QED) is 0.152. The largest absolute Gasteiger partial charge is 0.309 e. The molecule has 0 bridgehead atoms. The van der Waals surface area contributed by atoms with Crippen LogP contribution in [-0.2, 0) is 0 Å². The van der Waals surface area contributed by atoms with Crippen LogP contribution in [-0.4, -0.2) is 9.13 Å². The number of rotatable bonds is 7. The summed E-state index contributed by atoms with van der Waals surface area (Å²) in [6.45, 7) is 0. The summed E-state index contributed by atoms with van der Waals surface area (Å²) in [7, 11) is 0. The maximum Gasteiger partial charge on any atom is 0.0541 e. The standard InChI is InChI=1S/C60H40N2/c1-4-14-41(15-5-1)44-26-28-45(29-27-44)47-21-13-22-51(37-47)61-57-25-11-10-24-53(57)54-39-49(31-34-58(54)61)50-32-35-60-56(40-50)55-38-48(43-18-8-3-9-19-43)30-33-59(55)62(60)52-23-12-20-46(36-52)42-16-6-2-7-17-42/h1-40H. The third kappa shape index (κ3) is 6.12. The van der Waals surface area contributed by atoms with E-state index in [0.29, 0.717) is 0 Å². The van der Waals surface area contributed by atoms with Gasteiger partial charge in [0, 0.05) is 32.9 Å². The number of aromatic nitrogens is 2. The van der Waals surface area contributed by atoms with Crippen LogP contribution in [0.25, 0.3) is 111 Å². The Bertz CT molecular complexity index is 3600. The minimum atomic E-state index is 1.15. The van der Waals surface area contributed by atoms with Crippen molar-refractivity contribution in [2.75, 3.05) is 0 Å². The summed E-state index contributed by atoms with van der Waals surface area (Å²) in [5, 5.41) is 4.95. The van der Waals surface area contributed by atoms with Crippen molar-refractivity contribution in [1.29, 1.82) is 0 Å². The van der Waals surface area contributed by atoms with Crippen LogP contribution < -0.4 is 0 Å². The Morgan fingerprint density at radius 1 is 0.177 bits per heavy atom. The molecular weight excluding hydrogens is 749 g/mol. The third-order valence-corrected chi connectivity index (χ3v) is 12.5. The predicted octanol–water partition coefficient (Wildman–Crippen LogP) is 16.2. The Kier molecular flexibility index (Phi) is 8.53. The van der Waals surface area contributed by atoms with Crippen LogP contribution >= 0.6 is 0 Å². The Morgan fingerprint density at radius 2 is 0.468 bits per heavy atom. The van der Waals surface area contributed by atoms with Gasteiger partial charge in [-0.3, -0.25) is 0 Å². The minimum Gasteiger partial charge on any atom is -0.309 e. The van der Waals surface area contributed by atoms with Crippen molar-refractivity contribution in [1.82, 2.24) is 9.13 Å². The summed E-state index contributed by atoms with van der Waals surface area (Å²) in [4.78, 5) is 0. The first-order chi connectivity index (χ1) is 30.7. The molecule has 0 aliphatic carbocycles. The van der Waals surface area contributed by atoms with E-state index in [0.717, 1.165) is 11.4 Å². The molecule has 0 saturated carbocycles. The van der Waals surface area contributed by atoms with Gasteiger partial charge in [0.2, 0.25) is 0 Å². The van der Waals surface area contributed by atoms with Crippen molar-refractivity contribution in [3.8, 4) is 67.0 Å². The molecule has 0 saturated heterocycles. The highest BCUT2D eigenvalue weighted by Crippen LogP contribution is 2.40. The van der Waals surface area contributed by atoms with Crippen LogP contribution in [0.4, 0.5) is 0 Å². The third-order valence-electron chi connectivity index (χ3n) is 12.5. The van der Waals surface area contributed by atoms with Crippen molar-refractivity contribution in [2.24, 2.45) is 0 Å². The molecule has 0 spiro atoms. The summed E-state index contributed by atoms with van der Waals surface area (Å²) in [5.74, 6) is 0. The number of fused-ring (bicyclic) bond motifs is 6.